The summed E-state index contributed by atoms with van der Waals surface area (Å²) in [6, 6.07) is 47.1. The Morgan fingerprint density at radius 1 is 0.482 bits per heavy atom. The van der Waals surface area contributed by atoms with Gasteiger partial charge in [0.1, 0.15) is 11.6 Å². The number of aromatic hydroxyl groups is 1. The molecule has 0 radical (unpaired) electrons. The molecule has 0 aliphatic heterocycles. The zero-order valence-electron chi connectivity index (χ0n) is 34.1. The highest BCUT2D eigenvalue weighted by Crippen LogP contribution is 2.43. The van der Waals surface area contributed by atoms with Crippen LogP contribution >= 0.6 is 0 Å². The van der Waals surface area contributed by atoms with Gasteiger partial charge in [-0.3, -0.25) is 9.55 Å². The Balaban J connectivity index is 1.41. The number of aromatic nitrogens is 3. The second-order valence-electron chi connectivity index (χ2n) is 18.2. The first-order chi connectivity index (χ1) is 26.6. The summed E-state index contributed by atoms with van der Waals surface area (Å²) >= 11 is 0. The smallest absolute Gasteiger partial charge is 0.149 e. The minimum Gasteiger partial charge on any atom is -0.507 e. The maximum Gasteiger partial charge on any atom is 0.149 e. The monoisotopic (exact) mass is 733 g/mol. The number of phenols is 1. The SMILES string of the molecule is CC(C)(C)c1ccc(-n2c(-c3ccccc3O)nc3c(-c4cc(-c5cc(-c6ccccc6)cc6c(C(C)(C)C)ccnc56)cc(C(C)(C)C)c4)cccc32)cc1. The number of benzene rings is 6. The first-order valence-electron chi connectivity index (χ1n) is 19.6. The van der Waals surface area contributed by atoms with Crippen molar-refractivity contribution in [2.24, 2.45) is 0 Å². The molecule has 2 heterocycles. The number of nitrogens with zero attached hydrogens (tertiary/aromatic N) is 3. The lowest BCUT2D eigenvalue weighted by molar-refractivity contribution is 0.477. The maximum atomic E-state index is 11.2. The van der Waals surface area contributed by atoms with E-state index >= 15 is 0 Å². The Hall–Kier alpha value is -6.00. The van der Waals surface area contributed by atoms with Crippen LogP contribution in [0.3, 0.4) is 0 Å². The van der Waals surface area contributed by atoms with E-state index in [9.17, 15) is 5.11 Å². The van der Waals surface area contributed by atoms with Gasteiger partial charge in [-0.2, -0.15) is 0 Å². The second kappa shape index (κ2) is 13.6. The van der Waals surface area contributed by atoms with E-state index in [2.05, 4.69) is 176 Å². The number of fused-ring (bicyclic) bond motifs is 2. The third-order valence-corrected chi connectivity index (χ3v) is 11.0. The lowest BCUT2D eigenvalue weighted by Gasteiger charge is -2.24. The van der Waals surface area contributed by atoms with Gasteiger partial charge in [-0.05, 0) is 110 Å². The van der Waals surface area contributed by atoms with Gasteiger partial charge >= 0.3 is 0 Å². The fourth-order valence-electron chi connectivity index (χ4n) is 7.85. The van der Waals surface area contributed by atoms with E-state index in [0.29, 0.717) is 11.4 Å². The molecule has 1 N–H and O–H groups in total. The van der Waals surface area contributed by atoms with E-state index in [1.165, 1.54) is 33.2 Å². The number of hydrogen-bond donors (Lipinski definition) is 1. The van der Waals surface area contributed by atoms with E-state index in [1.807, 2.05) is 24.4 Å². The molecule has 8 aromatic rings. The van der Waals surface area contributed by atoms with Gasteiger partial charge < -0.3 is 5.11 Å². The number of hydrogen-bond acceptors (Lipinski definition) is 3. The Bertz CT molecular complexity index is 2730. The van der Waals surface area contributed by atoms with Crippen LogP contribution in [0.4, 0.5) is 0 Å². The standard InChI is InChI=1S/C52H51N3O/c1-50(2,3)37-22-24-39(25-23-37)55-45-20-15-19-40(48(45)54-49(55)41-18-13-14-21-46(41)56)35-28-36(30-38(29-35)51(4,5)6)42-31-34(33-16-11-10-12-17-33)32-43-44(52(7,8)9)26-27-53-47(42)43/h10-32,56H,1-9H3. The van der Waals surface area contributed by atoms with Gasteiger partial charge in [0.2, 0.25) is 0 Å². The van der Waals surface area contributed by atoms with Crippen molar-refractivity contribution < 1.29 is 5.11 Å². The molecule has 0 aliphatic rings. The van der Waals surface area contributed by atoms with Gasteiger partial charge in [0.25, 0.3) is 0 Å². The lowest BCUT2D eigenvalue weighted by Crippen LogP contribution is -2.12. The Morgan fingerprint density at radius 2 is 1.12 bits per heavy atom. The summed E-state index contributed by atoms with van der Waals surface area (Å²) in [6.07, 6.45) is 1.96. The molecule has 2 aromatic heterocycles. The first kappa shape index (κ1) is 36.9. The van der Waals surface area contributed by atoms with Crippen molar-refractivity contribution in [2.45, 2.75) is 78.6 Å². The minimum atomic E-state index is -0.134. The van der Waals surface area contributed by atoms with Crippen molar-refractivity contribution in [1.29, 1.82) is 0 Å². The molecule has 280 valence electrons. The van der Waals surface area contributed by atoms with E-state index in [-0.39, 0.29) is 22.0 Å². The summed E-state index contributed by atoms with van der Waals surface area (Å²) in [5.74, 6) is 0.892. The zero-order chi connectivity index (χ0) is 39.6. The summed E-state index contributed by atoms with van der Waals surface area (Å²) in [6.45, 7) is 20.3. The largest absolute Gasteiger partial charge is 0.507 e. The van der Waals surface area contributed by atoms with Crippen molar-refractivity contribution in [3.8, 4) is 56.2 Å². The van der Waals surface area contributed by atoms with Crippen molar-refractivity contribution in [3.05, 3.63) is 156 Å². The Kier molecular flexibility index (Phi) is 9.00. The van der Waals surface area contributed by atoms with Crippen molar-refractivity contribution >= 4 is 21.9 Å². The normalized spacial score (nSPS) is 12.4. The number of pyridine rings is 1. The molecule has 0 aliphatic carbocycles. The molecular formula is C52H51N3O. The molecule has 0 spiro atoms. The maximum absolute atomic E-state index is 11.2. The highest BCUT2D eigenvalue weighted by Gasteiger charge is 2.25. The van der Waals surface area contributed by atoms with E-state index < -0.39 is 0 Å². The van der Waals surface area contributed by atoms with Crippen LogP contribution in [0.15, 0.2) is 140 Å². The van der Waals surface area contributed by atoms with Gasteiger partial charge in [-0.1, -0.05) is 141 Å². The van der Waals surface area contributed by atoms with Crippen molar-refractivity contribution in [3.63, 3.8) is 0 Å². The average Bonchev–Trinajstić information content (AvgIpc) is 3.56. The molecule has 0 unspecified atom stereocenters. The molecule has 0 saturated heterocycles. The van der Waals surface area contributed by atoms with E-state index in [1.54, 1.807) is 6.07 Å². The first-order valence-corrected chi connectivity index (χ1v) is 19.6. The molecule has 4 heteroatoms. The Labute approximate surface area is 331 Å². The fourth-order valence-corrected chi connectivity index (χ4v) is 7.85. The van der Waals surface area contributed by atoms with Crippen LogP contribution in [0.5, 0.6) is 5.75 Å². The number of para-hydroxylation sites is 2. The number of rotatable bonds is 5. The van der Waals surface area contributed by atoms with Crippen LogP contribution in [-0.2, 0) is 16.2 Å². The molecule has 0 fully saturated rings. The van der Waals surface area contributed by atoms with Gasteiger partial charge in [0.15, 0.2) is 0 Å². The van der Waals surface area contributed by atoms with E-state index in [0.717, 1.165) is 44.5 Å². The van der Waals surface area contributed by atoms with Gasteiger partial charge in [0, 0.05) is 28.4 Å². The van der Waals surface area contributed by atoms with Crippen molar-refractivity contribution in [2.75, 3.05) is 0 Å². The zero-order valence-corrected chi connectivity index (χ0v) is 34.1. The topological polar surface area (TPSA) is 50.9 Å². The molecular weight excluding hydrogens is 683 g/mol. The van der Waals surface area contributed by atoms with Crippen LogP contribution < -0.4 is 0 Å². The molecule has 56 heavy (non-hydrogen) atoms. The molecule has 0 saturated carbocycles. The van der Waals surface area contributed by atoms with Crippen LogP contribution in [0.2, 0.25) is 0 Å². The van der Waals surface area contributed by atoms with Crippen LogP contribution in [0, 0.1) is 0 Å². The van der Waals surface area contributed by atoms with Crippen molar-refractivity contribution in [1.82, 2.24) is 14.5 Å². The fraction of sp³-hybridized carbons (Fsp3) is 0.231. The van der Waals surface area contributed by atoms with Gasteiger partial charge in [0.05, 0.1) is 22.1 Å². The predicted molar refractivity (Wildman–Crippen MR) is 236 cm³/mol. The third-order valence-electron chi connectivity index (χ3n) is 11.0. The summed E-state index contributed by atoms with van der Waals surface area (Å²) < 4.78 is 2.18. The number of phenolic OH excluding ortho intramolecular Hbond substituents is 1. The molecule has 8 rings (SSSR count). The summed E-state index contributed by atoms with van der Waals surface area (Å²) in [5, 5.41) is 12.4. The third kappa shape index (κ3) is 6.79. The van der Waals surface area contributed by atoms with Crippen LogP contribution in [0.25, 0.3) is 72.4 Å². The lowest BCUT2D eigenvalue weighted by atomic mass is 9.81. The summed E-state index contributed by atoms with van der Waals surface area (Å²) in [7, 11) is 0. The van der Waals surface area contributed by atoms with E-state index in [4.69, 9.17) is 9.97 Å². The summed E-state index contributed by atoms with van der Waals surface area (Å²) in [5.41, 5.74) is 14.8. The quantitative estimate of drug-likeness (QED) is 0.192. The Morgan fingerprint density at radius 3 is 1.79 bits per heavy atom. The molecule has 6 aromatic carbocycles. The highest BCUT2D eigenvalue weighted by atomic mass is 16.3. The predicted octanol–water partition coefficient (Wildman–Crippen LogP) is 13.8. The molecule has 0 atom stereocenters. The highest BCUT2D eigenvalue weighted by molar-refractivity contribution is 6.01. The second-order valence-corrected chi connectivity index (χ2v) is 18.2. The van der Waals surface area contributed by atoms with Crippen LogP contribution in [0.1, 0.15) is 79.0 Å². The molecule has 0 bridgehead atoms. The van der Waals surface area contributed by atoms with Gasteiger partial charge in [-0.25, -0.2) is 4.98 Å². The number of imidazole rings is 1. The molecule has 0 amide bonds. The minimum absolute atomic E-state index is 0.0226. The average molecular weight is 734 g/mol. The summed E-state index contributed by atoms with van der Waals surface area (Å²) in [4.78, 5) is 10.5. The van der Waals surface area contributed by atoms with Crippen LogP contribution in [-0.4, -0.2) is 19.6 Å². The van der Waals surface area contributed by atoms with Gasteiger partial charge in [-0.15, -0.1) is 0 Å². The molecule has 4 nitrogen and oxygen atoms in total.